The number of hydrogen-bond acceptors (Lipinski definition) is 3. The van der Waals surface area contributed by atoms with Crippen LogP contribution in [0.25, 0.3) is 0 Å². The van der Waals surface area contributed by atoms with Gasteiger partial charge in [-0.05, 0) is 0 Å². The average molecular weight is 261 g/mol. The number of anilines is 1. The van der Waals surface area contributed by atoms with Crippen molar-refractivity contribution in [3.05, 3.63) is 10.6 Å². The van der Waals surface area contributed by atoms with Crippen molar-refractivity contribution in [3.63, 3.8) is 0 Å². The quantitative estimate of drug-likeness (QED) is 0.726. The fourth-order valence-corrected chi connectivity index (χ4v) is 3.25. The van der Waals surface area contributed by atoms with Gasteiger partial charge in [0, 0.05) is 0 Å². The Hall–Kier alpha value is -0.311. The normalized spacial score (nSPS) is 10.5. The number of ether oxygens (including phenoxy) is 1. The SMILES string of the molecule is CCOCc1cnc(N(CC)CC)[se]1. The average Bonchev–Trinajstić information content (AvgIpc) is 2.65. The van der Waals surface area contributed by atoms with E-state index in [2.05, 4.69) is 23.7 Å². The first-order valence-corrected chi connectivity index (χ1v) is 6.80. The molecule has 0 aliphatic carbocycles. The number of aromatic nitrogens is 1. The second-order valence-corrected chi connectivity index (χ2v) is 5.21. The standard InChI is InChI=1S/C10H18N2OSe/c1-4-12(5-2)10-11-7-9(14-10)8-13-6-3/h7H,4-6,8H2,1-3H3. The summed E-state index contributed by atoms with van der Waals surface area (Å²) in [5.41, 5.74) is 0. The number of hydrogen-bond donors (Lipinski definition) is 0. The molecule has 0 aromatic carbocycles. The Morgan fingerprint density at radius 2 is 2.07 bits per heavy atom. The molecule has 0 aliphatic heterocycles. The first kappa shape index (κ1) is 11.8. The van der Waals surface area contributed by atoms with Crippen LogP contribution in [0.1, 0.15) is 25.2 Å². The van der Waals surface area contributed by atoms with Gasteiger partial charge in [0.2, 0.25) is 0 Å². The van der Waals surface area contributed by atoms with Gasteiger partial charge in [0.25, 0.3) is 0 Å². The summed E-state index contributed by atoms with van der Waals surface area (Å²) in [5.74, 6) is 0. The Balaban J connectivity index is 2.57. The third-order valence-electron chi connectivity index (χ3n) is 2.02. The van der Waals surface area contributed by atoms with Crippen LogP contribution in [0.5, 0.6) is 0 Å². The van der Waals surface area contributed by atoms with E-state index in [1.165, 1.54) is 9.13 Å². The molecular formula is C10H18N2OSe. The van der Waals surface area contributed by atoms with Crippen molar-refractivity contribution in [2.24, 2.45) is 0 Å². The molecule has 4 heteroatoms. The van der Waals surface area contributed by atoms with E-state index in [1.54, 1.807) is 0 Å². The van der Waals surface area contributed by atoms with Crippen LogP contribution >= 0.6 is 0 Å². The maximum absolute atomic E-state index is 5.37. The van der Waals surface area contributed by atoms with E-state index in [4.69, 9.17) is 4.74 Å². The molecule has 3 nitrogen and oxygen atoms in total. The van der Waals surface area contributed by atoms with Crippen molar-refractivity contribution < 1.29 is 4.74 Å². The van der Waals surface area contributed by atoms with Crippen LogP contribution in [0, 0.1) is 0 Å². The molecule has 0 spiro atoms. The minimum atomic E-state index is 0.390. The van der Waals surface area contributed by atoms with Gasteiger partial charge in [0.15, 0.2) is 0 Å². The second kappa shape index (κ2) is 6.23. The third-order valence-corrected chi connectivity index (χ3v) is 4.19. The van der Waals surface area contributed by atoms with Crippen LogP contribution in [0.15, 0.2) is 6.20 Å². The summed E-state index contributed by atoms with van der Waals surface area (Å²) in [7, 11) is 0. The molecule has 0 unspecified atom stereocenters. The van der Waals surface area contributed by atoms with E-state index in [-0.39, 0.29) is 0 Å². The fourth-order valence-electron chi connectivity index (χ4n) is 1.21. The second-order valence-electron chi connectivity index (χ2n) is 2.92. The van der Waals surface area contributed by atoms with Gasteiger partial charge in [-0.15, -0.1) is 0 Å². The van der Waals surface area contributed by atoms with E-state index in [0.717, 1.165) is 26.3 Å². The van der Waals surface area contributed by atoms with Gasteiger partial charge < -0.3 is 0 Å². The van der Waals surface area contributed by atoms with Gasteiger partial charge in [0.05, 0.1) is 0 Å². The van der Waals surface area contributed by atoms with Crippen LogP contribution in [0.2, 0.25) is 0 Å². The predicted molar refractivity (Wildman–Crippen MR) is 60.1 cm³/mol. The molecule has 1 aromatic rings. The van der Waals surface area contributed by atoms with Crippen molar-refractivity contribution in [1.29, 1.82) is 0 Å². The summed E-state index contributed by atoms with van der Waals surface area (Å²) in [6.45, 7) is 10.00. The van der Waals surface area contributed by atoms with Crippen LogP contribution < -0.4 is 4.90 Å². The zero-order valence-corrected chi connectivity index (χ0v) is 10.8. The van der Waals surface area contributed by atoms with Gasteiger partial charge in [-0.3, -0.25) is 0 Å². The van der Waals surface area contributed by atoms with Crippen molar-refractivity contribution in [3.8, 4) is 0 Å². The minimum absolute atomic E-state index is 0.390. The van der Waals surface area contributed by atoms with Crippen LogP contribution in [-0.2, 0) is 11.3 Å². The third kappa shape index (κ3) is 3.12. The summed E-state index contributed by atoms with van der Waals surface area (Å²) < 4.78 is 7.96. The van der Waals surface area contributed by atoms with Crippen molar-refractivity contribution >= 4 is 19.2 Å². The van der Waals surface area contributed by atoms with Gasteiger partial charge in [-0.25, -0.2) is 0 Å². The molecule has 0 fully saturated rings. The van der Waals surface area contributed by atoms with Gasteiger partial charge >= 0.3 is 91.5 Å². The zero-order chi connectivity index (χ0) is 10.4. The molecule has 80 valence electrons. The number of nitrogens with zero attached hydrogens (tertiary/aromatic N) is 2. The first-order chi connectivity index (χ1) is 6.81. The molecule has 1 heterocycles. The molecule has 0 bridgehead atoms. The Morgan fingerprint density at radius 3 is 2.64 bits per heavy atom. The molecular weight excluding hydrogens is 243 g/mol. The van der Waals surface area contributed by atoms with Crippen LogP contribution in [-0.4, -0.2) is 39.2 Å². The molecule has 0 saturated carbocycles. The van der Waals surface area contributed by atoms with Gasteiger partial charge in [-0.1, -0.05) is 0 Å². The monoisotopic (exact) mass is 262 g/mol. The van der Waals surface area contributed by atoms with E-state index < -0.39 is 0 Å². The molecule has 0 N–H and O–H groups in total. The van der Waals surface area contributed by atoms with Crippen molar-refractivity contribution in [2.75, 3.05) is 24.6 Å². The Kier molecular flexibility index (Phi) is 5.23. The summed E-state index contributed by atoms with van der Waals surface area (Å²) in [6.07, 6.45) is 1.98. The van der Waals surface area contributed by atoms with Crippen molar-refractivity contribution in [1.82, 2.24) is 4.98 Å². The molecule has 1 aromatic heterocycles. The molecule has 0 amide bonds. The summed E-state index contributed by atoms with van der Waals surface area (Å²) in [5, 5.41) is 0. The topological polar surface area (TPSA) is 25.4 Å². The molecule has 0 atom stereocenters. The molecule has 0 radical (unpaired) electrons. The molecule has 0 saturated heterocycles. The van der Waals surface area contributed by atoms with Gasteiger partial charge in [-0.2, -0.15) is 0 Å². The zero-order valence-electron chi connectivity index (χ0n) is 9.12. The van der Waals surface area contributed by atoms with E-state index in [1.807, 2.05) is 13.1 Å². The predicted octanol–water partition coefficient (Wildman–Crippen LogP) is 1.52. The van der Waals surface area contributed by atoms with Crippen LogP contribution in [0.3, 0.4) is 0 Å². The first-order valence-electron chi connectivity index (χ1n) is 5.09. The summed E-state index contributed by atoms with van der Waals surface area (Å²) >= 11 is 0.390. The molecule has 1 rings (SSSR count). The number of rotatable bonds is 6. The Labute approximate surface area is 91.8 Å². The molecule has 14 heavy (non-hydrogen) atoms. The van der Waals surface area contributed by atoms with Crippen LogP contribution in [0.4, 0.5) is 4.69 Å². The van der Waals surface area contributed by atoms with E-state index in [0.29, 0.717) is 14.5 Å². The summed E-state index contributed by atoms with van der Waals surface area (Å²) in [4.78, 5) is 6.76. The van der Waals surface area contributed by atoms with E-state index >= 15 is 0 Å². The van der Waals surface area contributed by atoms with E-state index in [9.17, 15) is 0 Å². The fraction of sp³-hybridized carbons (Fsp3) is 0.700. The summed E-state index contributed by atoms with van der Waals surface area (Å²) in [6, 6.07) is 0. The Bertz CT molecular complexity index is 258. The van der Waals surface area contributed by atoms with Crippen molar-refractivity contribution in [2.45, 2.75) is 27.4 Å². The Morgan fingerprint density at radius 1 is 1.36 bits per heavy atom. The van der Waals surface area contributed by atoms with Gasteiger partial charge in [0.1, 0.15) is 0 Å². The maximum atomic E-state index is 5.37. The molecule has 0 aliphatic rings.